The average molecular weight is 438 g/mol. The Labute approximate surface area is 176 Å². The number of sulfonamides is 1. The van der Waals surface area contributed by atoms with E-state index in [4.69, 9.17) is 16.3 Å². The number of anilines is 2. The fraction of sp³-hybridized carbons (Fsp3) is 0.350. The number of morpholine rings is 1. The van der Waals surface area contributed by atoms with Gasteiger partial charge in [-0.15, -0.1) is 0 Å². The SMILES string of the molecule is CC(C)NS(=O)(=O)c1ccc(C(=O)Nc2cccc(Cl)c2N2CCOCC2)cc1. The van der Waals surface area contributed by atoms with E-state index in [1.807, 2.05) is 0 Å². The van der Waals surface area contributed by atoms with Crippen LogP contribution in [0.3, 0.4) is 0 Å². The Morgan fingerprint density at radius 2 is 1.76 bits per heavy atom. The van der Waals surface area contributed by atoms with Crippen LogP contribution in [0.25, 0.3) is 0 Å². The first kappa shape index (κ1) is 21.6. The van der Waals surface area contributed by atoms with Gasteiger partial charge in [0, 0.05) is 24.7 Å². The summed E-state index contributed by atoms with van der Waals surface area (Å²) in [6.45, 7) is 6.05. The Morgan fingerprint density at radius 3 is 2.38 bits per heavy atom. The highest BCUT2D eigenvalue weighted by Crippen LogP contribution is 2.34. The molecule has 0 bridgehead atoms. The lowest BCUT2D eigenvalue weighted by molar-refractivity contribution is 0.102. The van der Waals surface area contributed by atoms with E-state index >= 15 is 0 Å². The van der Waals surface area contributed by atoms with Crippen molar-refractivity contribution in [2.75, 3.05) is 36.5 Å². The highest BCUT2D eigenvalue weighted by Gasteiger charge is 2.20. The van der Waals surface area contributed by atoms with Crippen molar-refractivity contribution in [3.8, 4) is 0 Å². The molecule has 1 heterocycles. The fourth-order valence-corrected chi connectivity index (χ4v) is 4.63. The normalized spacial score (nSPS) is 14.8. The first-order valence-corrected chi connectivity index (χ1v) is 11.2. The van der Waals surface area contributed by atoms with Gasteiger partial charge in [-0.25, -0.2) is 13.1 Å². The maximum atomic E-state index is 12.7. The van der Waals surface area contributed by atoms with Gasteiger partial charge in [0.25, 0.3) is 5.91 Å². The number of para-hydroxylation sites is 1. The second-order valence-corrected chi connectivity index (χ2v) is 9.11. The molecule has 0 radical (unpaired) electrons. The molecule has 0 unspecified atom stereocenters. The summed E-state index contributed by atoms with van der Waals surface area (Å²) in [6.07, 6.45) is 0. The molecule has 0 spiro atoms. The lowest BCUT2D eigenvalue weighted by Gasteiger charge is -2.31. The third-order valence-electron chi connectivity index (χ3n) is 4.38. The highest BCUT2D eigenvalue weighted by molar-refractivity contribution is 7.89. The Morgan fingerprint density at radius 1 is 1.10 bits per heavy atom. The largest absolute Gasteiger partial charge is 0.378 e. The second kappa shape index (κ2) is 9.13. The molecule has 3 rings (SSSR count). The van der Waals surface area contributed by atoms with E-state index in [1.54, 1.807) is 32.0 Å². The molecule has 7 nitrogen and oxygen atoms in total. The monoisotopic (exact) mass is 437 g/mol. The van der Waals surface area contributed by atoms with Crippen LogP contribution in [0.15, 0.2) is 47.4 Å². The molecule has 2 aromatic carbocycles. The van der Waals surface area contributed by atoms with Crippen molar-refractivity contribution in [3.63, 3.8) is 0 Å². The molecule has 1 aliphatic heterocycles. The van der Waals surface area contributed by atoms with Crippen LogP contribution in [0, 0.1) is 0 Å². The van der Waals surface area contributed by atoms with Crippen molar-refractivity contribution in [1.29, 1.82) is 0 Å². The molecule has 2 aromatic rings. The minimum atomic E-state index is -3.61. The van der Waals surface area contributed by atoms with Crippen LogP contribution in [-0.4, -0.2) is 46.7 Å². The first-order chi connectivity index (χ1) is 13.8. The third kappa shape index (κ3) is 5.27. The predicted molar refractivity (Wildman–Crippen MR) is 114 cm³/mol. The molecule has 156 valence electrons. The van der Waals surface area contributed by atoms with Crippen molar-refractivity contribution < 1.29 is 17.9 Å². The number of nitrogens with zero attached hydrogens (tertiary/aromatic N) is 1. The van der Waals surface area contributed by atoms with Gasteiger partial charge in [0.05, 0.1) is 34.5 Å². The van der Waals surface area contributed by atoms with Gasteiger partial charge < -0.3 is 15.0 Å². The van der Waals surface area contributed by atoms with Crippen LogP contribution >= 0.6 is 11.6 Å². The van der Waals surface area contributed by atoms with E-state index in [-0.39, 0.29) is 16.8 Å². The van der Waals surface area contributed by atoms with Crippen LogP contribution in [0.2, 0.25) is 5.02 Å². The lowest BCUT2D eigenvalue weighted by Crippen LogP contribution is -2.37. The highest BCUT2D eigenvalue weighted by atomic mass is 35.5. The summed E-state index contributed by atoms with van der Waals surface area (Å²) in [6, 6.07) is 10.9. The zero-order chi connectivity index (χ0) is 21.0. The maximum absolute atomic E-state index is 12.7. The Hall–Kier alpha value is -2.13. The van der Waals surface area contributed by atoms with Crippen molar-refractivity contribution in [1.82, 2.24) is 4.72 Å². The molecular weight excluding hydrogens is 414 g/mol. The van der Waals surface area contributed by atoms with Gasteiger partial charge in [0.2, 0.25) is 10.0 Å². The molecule has 2 N–H and O–H groups in total. The average Bonchev–Trinajstić information content (AvgIpc) is 2.68. The van der Waals surface area contributed by atoms with Crippen LogP contribution in [-0.2, 0) is 14.8 Å². The van der Waals surface area contributed by atoms with Gasteiger partial charge in [-0.3, -0.25) is 4.79 Å². The molecule has 0 aliphatic carbocycles. The van der Waals surface area contributed by atoms with E-state index in [0.717, 1.165) is 5.69 Å². The summed E-state index contributed by atoms with van der Waals surface area (Å²) in [5, 5.41) is 3.43. The summed E-state index contributed by atoms with van der Waals surface area (Å²) >= 11 is 6.40. The number of halogens is 1. The standard InChI is InChI=1S/C20H24ClN3O4S/c1-14(2)23-29(26,27)16-8-6-15(7-9-16)20(25)22-18-5-3-4-17(21)19(18)24-10-12-28-13-11-24/h3-9,14,23H,10-13H2,1-2H3,(H,22,25). The molecule has 1 aliphatic rings. The summed E-state index contributed by atoms with van der Waals surface area (Å²) in [5.41, 5.74) is 1.70. The number of rotatable bonds is 6. The van der Waals surface area contributed by atoms with Gasteiger partial charge in [-0.05, 0) is 50.2 Å². The first-order valence-electron chi connectivity index (χ1n) is 9.33. The molecule has 0 aromatic heterocycles. The maximum Gasteiger partial charge on any atom is 0.255 e. The summed E-state index contributed by atoms with van der Waals surface area (Å²) < 4.78 is 32.4. The van der Waals surface area contributed by atoms with E-state index < -0.39 is 10.0 Å². The molecule has 1 saturated heterocycles. The molecular formula is C20H24ClN3O4S. The summed E-state index contributed by atoms with van der Waals surface area (Å²) in [7, 11) is -3.61. The van der Waals surface area contributed by atoms with Crippen LogP contribution in [0.1, 0.15) is 24.2 Å². The van der Waals surface area contributed by atoms with Crippen molar-refractivity contribution in [2.24, 2.45) is 0 Å². The number of hydrogen-bond donors (Lipinski definition) is 2. The summed E-state index contributed by atoms with van der Waals surface area (Å²) in [5.74, 6) is -0.345. The van der Waals surface area contributed by atoms with Gasteiger partial charge >= 0.3 is 0 Å². The van der Waals surface area contributed by atoms with Crippen LogP contribution in [0.5, 0.6) is 0 Å². The van der Waals surface area contributed by atoms with Gasteiger partial charge in [-0.2, -0.15) is 0 Å². The topological polar surface area (TPSA) is 87.7 Å². The van der Waals surface area contributed by atoms with Crippen LogP contribution < -0.4 is 14.9 Å². The quantitative estimate of drug-likeness (QED) is 0.725. The minimum Gasteiger partial charge on any atom is -0.378 e. The number of hydrogen-bond acceptors (Lipinski definition) is 5. The molecule has 0 saturated carbocycles. The van der Waals surface area contributed by atoms with Crippen molar-refractivity contribution in [3.05, 3.63) is 53.1 Å². The number of ether oxygens (including phenoxy) is 1. The minimum absolute atomic E-state index is 0.111. The number of carbonyl (C=O) groups excluding carboxylic acids is 1. The Kier molecular flexibility index (Phi) is 6.79. The van der Waals surface area contributed by atoms with Crippen molar-refractivity contribution >= 4 is 38.9 Å². The zero-order valence-electron chi connectivity index (χ0n) is 16.3. The van der Waals surface area contributed by atoms with Crippen molar-refractivity contribution in [2.45, 2.75) is 24.8 Å². The number of benzene rings is 2. The Bertz CT molecular complexity index is 972. The molecule has 29 heavy (non-hydrogen) atoms. The fourth-order valence-electron chi connectivity index (χ4n) is 3.08. The van der Waals surface area contributed by atoms with E-state index in [0.29, 0.717) is 42.6 Å². The molecule has 1 fully saturated rings. The van der Waals surface area contributed by atoms with E-state index in [1.165, 1.54) is 24.3 Å². The van der Waals surface area contributed by atoms with Gasteiger partial charge in [0.1, 0.15) is 0 Å². The lowest BCUT2D eigenvalue weighted by atomic mass is 10.2. The smallest absolute Gasteiger partial charge is 0.255 e. The number of nitrogens with one attached hydrogen (secondary N) is 2. The third-order valence-corrected chi connectivity index (χ3v) is 6.36. The van der Waals surface area contributed by atoms with Gasteiger partial charge in [-0.1, -0.05) is 17.7 Å². The molecule has 9 heteroatoms. The summed E-state index contributed by atoms with van der Waals surface area (Å²) in [4.78, 5) is 14.9. The van der Waals surface area contributed by atoms with E-state index in [9.17, 15) is 13.2 Å². The predicted octanol–water partition coefficient (Wildman–Crippen LogP) is 3.12. The van der Waals surface area contributed by atoms with Gasteiger partial charge in [0.15, 0.2) is 0 Å². The zero-order valence-corrected chi connectivity index (χ0v) is 17.9. The van der Waals surface area contributed by atoms with E-state index in [2.05, 4.69) is 14.9 Å². The van der Waals surface area contributed by atoms with Crippen LogP contribution in [0.4, 0.5) is 11.4 Å². The second-order valence-electron chi connectivity index (χ2n) is 6.99. The number of carbonyl (C=O) groups is 1. The molecule has 0 atom stereocenters. The Balaban J connectivity index is 1.80. The molecule has 1 amide bonds. The number of amides is 1.